The zero-order valence-electron chi connectivity index (χ0n) is 19.8. The first-order chi connectivity index (χ1) is 16.2. The number of aromatic hydroxyl groups is 1. The number of phenols is 1. The fourth-order valence-corrected chi connectivity index (χ4v) is 6.14. The van der Waals surface area contributed by atoms with Crippen LogP contribution in [0.5, 0.6) is 5.75 Å². The van der Waals surface area contributed by atoms with Crippen LogP contribution < -0.4 is 0 Å². The number of ether oxygens (including phenoxy) is 1. The molecule has 2 heterocycles. The predicted molar refractivity (Wildman–Crippen MR) is 133 cm³/mol. The standard InChI is InChI=1S/C25H31BBrNO6/c1-4-14(9-15-10-17(27)6-7-20(15)29)5-8-21-22-16(13-33-3)11-18-23(19(22)12-26(32)34-21)25(31)28(2)24(18)30/h6-7,9-10,18-19,21,23,29,32H,4-5,8,11-13H2,1-3H3/b14-9+/t18-,19+,21-,23-/m1/s1. The second-order valence-electron chi connectivity index (χ2n) is 9.38. The van der Waals surface area contributed by atoms with Crippen LogP contribution in [-0.4, -0.2) is 60.8 Å². The molecule has 0 radical (unpaired) electrons. The second kappa shape index (κ2) is 10.4. The Bertz CT molecular complexity index is 1040. The number of allylic oxidation sites excluding steroid dienone is 1. The number of imide groups is 1. The number of amides is 2. The average Bonchev–Trinajstić information content (AvgIpc) is 3.02. The summed E-state index contributed by atoms with van der Waals surface area (Å²) < 4.78 is 12.4. The molecule has 1 aromatic rings. The van der Waals surface area contributed by atoms with E-state index >= 15 is 0 Å². The Morgan fingerprint density at radius 3 is 2.79 bits per heavy atom. The molecule has 0 bridgehead atoms. The van der Waals surface area contributed by atoms with Gasteiger partial charge in [-0.3, -0.25) is 14.5 Å². The molecular formula is C25H31BBrNO6. The van der Waals surface area contributed by atoms with Crippen LogP contribution >= 0.6 is 15.9 Å². The Morgan fingerprint density at radius 2 is 2.09 bits per heavy atom. The highest BCUT2D eigenvalue weighted by Crippen LogP contribution is 2.50. The highest BCUT2D eigenvalue weighted by molar-refractivity contribution is 9.10. The van der Waals surface area contributed by atoms with Crippen molar-refractivity contribution in [3.63, 3.8) is 0 Å². The van der Waals surface area contributed by atoms with Crippen molar-refractivity contribution >= 4 is 40.9 Å². The van der Waals surface area contributed by atoms with Crippen LogP contribution in [0, 0.1) is 17.8 Å². The molecule has 182 valence electrons. The number of fused-ring (bicyclic) bond motifs is 3. The molecule has 2 N–H and O–H groups in total. The van der Waals surface area contributed by atoms with Gasteiger partial charge in [-0.05, 0) is 67.3 Å². The number of hydrogen-bond donors (Lipinski definition) is 2. The third-order valence-corrected chi connectivity index (χ3v) is 7.87. The summed E-state index contributed by atoms with van der Waals surface area (Å²) >= 11 is 3.45. The highest BCUT2D eigenvalue weighted by Gasteiger charge is 2.56. The Kier molecular flexibility index (Phi) is 7.67. The SMILES string of the molecule is CC/C(=C\c1cc(Br)ccc1O)CC[C@H]1OB(O)C[C@H]2C1=C(COC)C[C@H]1C(=O)N(C)C(=O)[C@H]12. The van der Waals surface area contributed by atoms with Crippen LogP contribution in [-0.2, 0) is 19.0 Å². The number of carbonyl (C=O) groups is 2. The van der Waals surface area contributed by atoms with Gasteiger partial charge in [0.05, 0.1) is 24.5 Å². The number of carbonyl (C=O) groups excluding carboxylic acids is 2. The fourth-order valence-electron chi connectivity index (χ4n) is 5.76. The van der Waals surface area contributed by atoms with Crippen LogP contribution in [0.15, 0.2) is 39.4 Å². The molecular weight excluding hydrogens is 501 g/mol. The molecule has 0 unspecified atom stereocenters. The molecule has 34 heavy (non-hydrogen) atoms. The van der Waals surface area contributed by atoms with E-state index in [0.717, 1.165) is 33.2 Å². The van der Waals surface area contributed by atoms with E-state index in [0.29, 0.717) is 32.2 Å². The van der Waals surface area contributed by atoms with Crippen molar-refractivity contribution in [1.82, 2.24) is 4.90 Å². The van der Waals surface area contributed by atoms with Crippen LogP contribution in [0.1, 0.15) is 38.2 Å². The van der Waals surface area contributed by atoms with E-state index < -0.39 is 19.0 Å². The van der Waals surface area contributed by atoms with Crippen molar-refractivity contribution in [3.05, 3.63) is 45.0 Å². The molecule has 2 fully saturated rings. The molecule has 7 nitrogen and oxygen atoms in total. The molecule has 3 aliphatic rings. The fraction of sp³-hybridized carbons (Fsp3) is 0.520. The van der Waals surface area contributed by atoms with Gasteiger partial charge in [0.2, 0.25) is 11.8 Å². The summed E-state index contributed by atoms with van der Waals surface area (Å²) in [6.07, 6.45) is 4.55. The molecule has 0 aromatic heterocycles. The largest absolute Gasteiger partial charge is 0.507 e. The van der Waals surface area contributed by atoms with Gasteiger partial charge in [0.25, 0.3) is 0 Å². The van der Waals surface area contributed by atoms with E-state index in [4.69, 9.17) is 9.39 Å². The number of halogens is 1. The zero-order valence-corrected chi connectivity index (χ0v) is 21.4. The van der Waals surface area contributed by atoms with E-state index in [1.165, 1.54) is 4.90 Å². The minimum atomic E-state index is -0.988. The second-order valence-corrected chi connectivity index (χ2v) is 10.3. The first kappa shape index (κ1) is 25.2. The van der Waals surface area contributed by atoms with Crippen LogP contribution in [0.25, 0.3) is 6.08 Å². The van der Waals surface area contributed by atoms with Crippen LogP contribution in [0.4, 0.5) is 0 Å². The Balaban J connectivity index is 1.62. The van der Waals surface area contributed by atoms with Gasteiger partial charge < -0.3 is 19.5 Å². The lowest BCUT2D eigenvalue weighted by Crippen LogP contribution is -2.46. The third kappa shape index (κ3) is 4.76. The predicted octanol–water partition coefficient (Wildman–Crippen LogP) is 3.80. The van der Waals surface area contributed by atoms with E-state index in [9.17, 15) is 19.7 Å². The summed E-state index contributed by atoms with van der Waals surface area (Å²) in [6.45, 7) is 2.44. The molecule has 1 aliphatic carbocycles. The van der Waals surface area contributed by atoms with E-state index in [-0.39, 0.29) is 29.6 Å². The minimum absolute atomic E-state index is 0.148. The summed E-state index contributed by atoms with van der Waals surface area (Å²) in [4.78, 5) is 26.9. The average molecular weight is 532 g/mol. The lowest BCUT2D eigenvalue weighted by Gasteiger charge is -2.43. The zero-order chi connectivity index (χ0) is 24.6. The number of hydrogen-bond acceptors (Lipinski definition) is 6. The van der Waals surface area contributed by atoms with Gasteiger partial charge in [-0.1, -0.05) is 34.5 Å². The van der Waals surface area contributed by atoms with Crippen LogP contribution in [0.3, 0.4) is 0 Å². The molecule has 2 saturated heterocycles. The molecule has 1 aromatic carbocycles. The molecule has 0 saturated carbocycles. The molecule has 4 rings (SSSR count). The van der Waals surface area contributed by atoms with Gasteiger partial charge in [0.15, 0.2) is 0 Å². The number of phenolic OH excluding ortho intramolecular Hbond substituents is 1. The maximum Gasteiger partial charge on any atom is 0.455 e. The first-order valence-corrected chi connectivity index (χ1v) is 12.6. The summed E-state index contributed by atoms with van der Waals surface area (Å²) in [7, 11) is 2.18. The van der Waals surface area contributed by atoms with Crippen LogP contribution in [0.2, 0.25) is 6.32 Å². The number of benzene rings is 1. The first-order valence-electron chi connectivity index (χ1n) is 11.8. The summed E-state index contributed by atoms with van der Waals surface area (Å²) in [5, 5.41) is 20.8. The number of methoxy groups -OCH3 is 1. The van der Waals surface area contributed by atoms with Gasteiger partial charge in [0.1, 0.15) is 5.75 Å². The van der Waals surface area contributed by atoms with Crippen molar-refractivity contribution in [2.45, 2.75) is 45.0 Å². The Morgan fingerprint density at radius 1 is 1.32 bits per heavy atom. The van der Waals surface area contributed by atoms with Gasteiger partial charge in [-0.25, -0.2) is 0 Å². The lowest BCUT2D eigenvalue weighted by atomic mass is 9.58. The summed E-state index contributed by atoms with van der Waals surface area (Å²) in [5.74, 6) is -1.18. The smallest absolute Gasteiger partial charge is 0.455 e. The normalized spacial score (nSPS) is 27.4. The van der Waals surface area contributed by atoms with Gasteiger partial charge in [-0.2, -0.15) is 0 Å². The van der Waals surface area contributed by atoms with Crippen molar-refractivity contribution in [2.75, 3.05) is 20.8 Å². The van der Waals surface area contributed by atoms with Crippen molar-refractivity contribution in [2.24, 2.45) is 17.8 Å². The molecule has 4 atom stereocenters. The Hall–Kier alpha value is -1.94. The van der Waals surface area contributed by atoms with Gasteiger partial charge in [0, 0.05) is 24.2 Å². The Labute approximate surface area is 209 Å². The van der Waals surface area contributed by atoms with Crippen molar-refractivity contribution < 1.29 is 29.1 Å². The van der Waals surface area contributed by atoms with E-state index in [1.54, 1.807) is 26.3 Å². The molecule has 9 heteroatoms. The highest BCUT2D eigenvalue weighted by atomic mass is 79.9. The number of nitrogens with zero attached hydrogens (tertiary/aromatic N) is 1. The number of likely N-dealkylation sites (tertiary alicyclic amines) is 1. The van der Waals surface area contributed by atoms with E-state index in [2.05, 4.69) is 22.9 Å². The topological polar surface area (TPSA) is 96.3 Å². The van der Waals surface area contributed by atoms with Crippen molar-refractivity contribution in [3.8, 4) is 5.75 Å². The van der Waals surface area contributed by atoms with Gasteiger partial charge in [-0.15, -0.1) is 0 Å². The number of rotatable bonds is 7. The van der Waals surface area contributed by atoms with Crippen molar-refractivity contribution in [1.29, 1.82) is 0 Å². The molecule has 0 spiro atoms. The van der Waals surface area contributed by atoms with Gasteiger partial charge >= 0.3 is 7.12 Å². The maximum atomic E-state index is 12.9. The lowest BCUT2D eigenvalue weighted by molar-refractivity contribution is -0.138. The summed E-state index contributed by atoms with van der Waals surface area (Å²) in [6, 6.07) is 5.33. The molecule has 2 amide bonds. The quantitative estimate of drug-likeness (QED) is 0.315. The maximum absolute atomic E-state index is 12.9. The summed E-state index contributed by atoms with van der Waals surface area (Å²) in [5.41, 5.74) is 3.91. The minimum Gasteiger partial charge on any atom is -0.507 e. The monoisotopic (exact) mass is 531 g/mol. The van der Waals surface area contributed by atoms with E-state index in [1.807, 2.05) is 12.1 Å². The molecule has 2 aliphatic heterocycles. The third-order valence-electron chi connectivity index (χ3n) is 7.38.